The summed E-state index contributed by atoms with van der Waals surface area (Å²) < 4.78 is 10.7. The van der Waals surface area contributed by atoms with Crippen molar-refractivity contribution >= 4 is 23.0 Å². The number of nitrogens with zero attached hydrogens (tertiary/aromatic N) is 2. The van der Waals surface area contributed by atoms with Gasteiger partial charge in [-0.3, -0.25) is 0 Å². The Hall–Kier alpha value is -3.28. The average Bonchev–Trinajstić information content (AvgIpc) is 2.68. The quantitative estimate of drug-likeness (QED) is 0.608. The van der Waals surface area contributed by atoms with Crippen LogP contribution in [0.3, 0.4) is 0 Å². The Labute approximate surface area is 166 Å². The summed E-state index contributed by atoms with van der Waals surface area (Å²) >= 11 is 0. The lowest BCUT2D eigenvalue weighted by atomic mass is 9.87. The Bertz CT molecular complexity index is 934. The molecule has 0 aliphatic rings. The predicted molar refractivity (Wildman–Crippen MR) is 113 cm³/mol. The van der Waals surface area contributed by atoms with Crippen molar-refractivity contribution in [1.82, 2.24) is 9.97 Å². The van der Waals surface area contributed by atoms with E-state index >= 15 is 0 Å². The minimum atomic E-state index is 0.127. The molecule has 2 aromatic carbocycles. The molecular weight excluding hydrogens is 352 g/mol. The van der Waals surface area contributed by atoms with Crippen LogP contribution in [-0.4, -0.2) is 24.2 Å². The highest BCUT2D eigenvalue weighted by Crippen LogP contribution is 2.31. The zero-order valence-electron chi connectivity index (χ0n) is 16.9. The summed E-state index contributed by atoms with van der Waals surface area (Å²) in [6.07, 6.45) is 1.52. The highest BCUT2D eigenvalue weighted by atomic mass is 16.5. The first kappa shape index (κ1) is 19.5. The van der Waals surface area contributed by atoms with Crippen LogP contribution in [-0.2, 0) is 5.41 Å². The molecule has 0 fully saturated rings. The Morgan fingerprint density at radius 2 is 1.46 bits per heavy atom. The van der Waals surface area contributed by atoms with Crippen molar-refractivity contribution in [3.63, 3.8) is 0 Å². The van der Waals surface area contributed by atoms with Gasteiger partial charge in [-0.2, -0.15) is 0 Å². The van der Waals surface area contributed by atoms with E-state index < -0.39 is 0 Å². The summed E-state index contributed by atoms with van der Waals surface area (Å²) in [5, 5.41) is 6.57. The molecule has 1 heterocycles. The van der Waals surface area contributed by atoms with E-state index in [0.717, 1.165) is 17.1 Å². The molecule has 0 radical (unpaired) electrons. The number of rotatable bonds is 6. The summed E-state index contributed by atoms with van der Waals surface area (Å²) in [7, 11) is 3.24. The number of ether oxygens (including phenoxy) is 2. The van der Waals surface area contributed by atoms with Crippen molar-refractivity contribution in [2.75, 3.05) is 24.9 Å². The van der Waals surface area contributed by atoms with Gasteiger partial charge in [0.2, 0.25) is 0 Å². The minimum Gasteiger partial charge on any atom is -0.497 e. The van der Waals surface area contributed by atoms with E-state index in [4.69, 9.17) is 9.47 Å². The van der Waals surface area contributed by atoms with Gasteiger partial charge in [0.1, 0.15) is 29.5 Å². The summed E-state index contributed by atoms with van der Waals surface area (Å²) in [6.45, 7) is 6.60. The van der Waals surface area contributed by atoms with Crippen LogP contribution in [0.4, 0.5) is 23.0 Å². The largest absolute Gasteiger partial charge is 0.497 e. The maximum absolute atomic E-state index is 5.42. The summed E-state index contributed by atoms with van der Waals surface area (Å²) in [5.41, 5.74) is 3.18. The lowest BCUT2D eigenvalue weighted by Gasteiger charge is -2.19. The van der Waals surface area contributed by atoms with Crippen LogP contribution < -0.4 is 20.1 Å². The topological polar surface area (TPSA) is 68.3 Å². The highest BCUT2D eigenvalue weighted by molar-refractivity contribution is 5.68. The van der Waals surface area contributed by atoms with Gasteiger partial charge in [0, 0.05) is 17.8 Å². The van der Waals surface area contributed by atoms with Crippen molar-refractivity contribution in [2.45, 2.75) is 26.2 Å². The molecule has 0 unspecified atom stereocenters. The molecule has 6 heteroatoms. The van der Waals surface area contributed by atoms with Crippen molar-refractivity contribution in [1.29, 1.82) is 0 Å². The first-order valence-electron chi connectivity index (χ1n) is 9.08. The van der Waals surface area contributed by atoms with Crippen LogP contribution in [0.25, 0.3) is 0 Å². The number of methoxy groups -OCH3 is 2. The van der Waals surface area contributed by atoms with Crippen LogP contribution >= 0.6 is 0 Å². The van der Waals surface area contributed by atoms with Gasteiger partial charge < -0.3 is 20.1 Å². The van der Waals surface area contributed by atoms with Crippen molar-refractivity contribution in [2.24, 2.45) is 0 Å². The van der Waals surface area contributed by atoms with Crippen LogP contribution in [0.2, 0.25) is 0 Å². The Kier molecular flexibility index (Phi) is 5.68. The normalized spacial score (nSPS) is 11.0. The van der Waals surface area contributed by atoms with Crippen molar-refractivity contribution < 1.29 is 9.47 Å². The van der Waals surface area contributed by atoms with Gasteiger partial charge in [0.25, 0.3) is 0 Å². The van der Waals surface area contributed by atoms with E-state index in [2.05, 4.69) is 65.6 Å². The first-order chi connectivity index (χ1) is 13.4. The molecular formula is C22H26N4O2. The molecule has 28 heavy (non-hydrogen) atoms. The predicted octanol–water partition coefficient (Wildman–Crippen LogP) is 5.28. The maximum Gasteiger partial charge on any atom is 0.146 e. The molecule has 146 valence electrons. The van der Waals surface area contributed by atoms with E-state index in [1.165, 1.54) is 11.9 Å². The zero-order chi connectivity index (χ0) is 20.1. The number of aromatic nitrogens is 2. The molecule has 2 N–H and O–H groups in total. The van der Waals surface area contributed by atoms with E-state index in [1.54, 1.807) is 14.2 Å². The maximum atomic E-state index is 5.42. The van der Waals surface area contributed by atoms with Gasteiger partial charge in [-0.25, -0.2) is 9.97 Å². The molecule has 3 rings (SSSR count). The summed E-state index contributed by atoms with van der Waals surface area (Å²) in [6, 6.07) is 15.8. The fourth-order valence-electron chi connectivity index (χ4n) is 2.74. The summed E-state index contributed by atoms with van der Waals surface area (Å²) in [4.78, 5) is 8.60. The third kappa shape index (κ3) is 4.71. The van der Waals surface area contributed by atoms with Crippen LogP contribution in [0.15, 0.2) is 54.9 Å². The number of hydrogen-bond acceptors (Lipinski definition) is 6. The fourth-order valence-corrected chi connectivity index (χ4v) is 2.74. The minimum absolute atomic E-state index is 0.127. The molecule has 6 nitrogen and oxygen atoms in total. The van der Waals surface area contributed by atoms with E-state index in [0.29, 0.717) is 17.4 Å². The SMILES string of the molecule is COc1ccc(Nc2cc(Nc3ccc(C(C)(C)C)cc3)ncn2)c(OC)c1. The lowest BCUT2D eigenvalue weighted by molar-refractivity contribution is 0.395. The molecule has 0 atom stereocenters. The van der Waals surface area contributed by atoms with Crippen LogP contribution in [0.1, 0.15) is 26.3 Å². The Morgan fingerprint density at radius 3 is 2.07 bits per heavy atom. The molecule has 0 amide bonds. The molecule has 0 spiro atoms. The third-order valence-electron chi connectivity index (χ3n) is 4.36. The standard InChI is InChI=1S/C22H26N4O2/c1-22(2,3)15-6-8-16(9-7-15)25-20-13-21(24-14-23-20)26-18-11-10-17(27-4)12-19(18)28-5/h6-14H,1-5H3,(H2,23,24,25,26). The second-order valence-electron chi connectivity index (χ2n) is 7.43. The monoisotopic (exact) mass is 378 g/mol. The number of hydrogen-bond donors (Lipinski definition) is 2. The van der Waals surface area contributed by atoms with E-state index in [9.17, 15) is 0 Å². The van der Waals surface area contributed by atoms with E-state index in [-0.39, 0.29) is 5.41 Å². The molecule has 0 saturated carbocycles. The number of benzene rings is 2. The summed E-state index contributed by atoms with van der Waals surface area (Å²) in [5.74, 6) is 2.76. The van der Waals surface area contributed by atoms with Gasteiger partial charge >= 0.3 is 0 Å². The van der Waals surface area contributed by atoms with Crippen LogP contribution in [0.5, 0.6) is 11.5 Å². The number of nitrogens with one attached hydrogen (secondary N) is 2. The Morgan fingerprint density at radius 1 is 0.786 bits per heavy atom. The third-order valence-corrected chi connectivity index (χ3v) is 4.36. The van der Waals surface area contributed by atoms with E-state index in [1.807, 2.05) is 24.3 Å². The molecule has 3 aromatic rings. The Balaban J connectivity index is 1.76. The first-order valence-corrected chi connectivity index (χ1v) is 9.08. The van der Waals surface area contributed by atoms with Crippen molar-refractivity contribution in [3.8, 4) is 11.5 Å². The molecule has 0 bridgehead atoms. The van der Waals surface area contributed by atoms with Gasteiger partial charge in [-0.05, 0) is 35.2 Å². The smallest absolute Gasteiger partial charge is 0.146 e. The van der Waals surface area contributed by atoms with Gasteiger partial charge in [-0.1, -0.05) is 32.9 Å². The molecule has 0 saturated heterocycles. The zero-order valence-corrected chi connectivity index (χ0v) is 16.9. The second kappa shape index (κ2) is 8.17. The number of anilines is 4. The van der Waals surface area contributed by atoms with Crippen molar-refractivity contribution in [3.05, 3.63) is 60.4 Å². The molecule has 1 aromatic heterocycles. The van der Waals surface area contributed by atoms with Gasteiger partial charge in [0.15, 0.2) is 0 Å². The molecule has 0 aliphatic heterocycles. The lowest BCUT2D eigenvalue weighted by Crippen LogP contribution is -2.10. The average molecular weight is 378 g/mol. The van der Waals surface area contributed by atoms with Gasteiger partial charge in [-0.15, -0.1) is 0 Å². The van der Waals surface area contributed by atoms with Crippen LogP contribution in [0, 0.1) is 0 Å². The second-order valence-corrected chi connectivity index (χ2v) is 7.43. The highest BCUT2D eigenvalue weighted by Gasteiger charge is 2.13. The molecule has 0 aliphatic carbocycles. The van der Waals surface area contributed by atoms with Gasteiger partial charge in [0.05, 0.1) is 19.9 Å². The fraction of sp³-hybridized carbons (Fsp3) is 0.273.